The average Bonchev–Trinajstić information content (AvgIpc) is 2.29. The Morgan fingerprint density at radius 2 is 2.06 bits per heavy atom. The third kappa shape index (κ3) is 2.11. The summed E-state index contributed by atoms with van der Waals surface area (Å²) in [6, 6.07) is 10.4. The molecule has 0 spiro atoms. The van der Waals surface area contributed by atoms with Crippen LogP contribution in [0.1, 0.15) is 37.7 Å². The zero-order valence-electron chi connectivity index (χ0n) is 9.74. The van der Waals surface area contributed by atoms with Crippen molar-refractivity contribution in [3.8, 4) is 0 Å². The van der Waals surface area contributed by atoms with Gasteiger partial charge in [-0.25, -0.2) is 0 Å². The van der Waals surface area contributed by atoms with Gasteiger partial charge in [0.05, 0.1) is 5.60 Å². The van der Waals surface area contributed by atoms with E-state index >= 15 is 0 Å². The number of rotatable bonds is 1. The molecule has 1 N–H and O–H groups in total. The van der Waals surface area contributed by atoms with Crippen molar-refractivity contribution in [2.45, 2.75) is 37.7 Å². The predicted molar refractivity (Wildman–Crippen MR) is 66.3 cm³/mol. The van der Waals surface area contributed by atoms with Crippen molar-refractivity contribution in [2.75, 3.05) is 0 Å². The topological polar surface area (TPSA) is 20.2 Å². The van der Waals surface area contributed by atoms with Gasteiger partial charge in [-0.2, -0.15) is 0 Å². The highest BCUT2D eigenvalue weighted by atomic mass is 16.3. The molecule has 0 aromatic heterocycles. The summed E-state index contributed by atoms with van der Waals surface area (Å²) in [7, 11) is 0. The summed E-state index contributed by atoms with van der Waals surface area (Å²) in [6.07, 6.45) is 2.75. The van der Waals surface area contributed by atoms with Crippen LogP contribution in [0.25, 0.3) is 0 Å². The Labute approximate surface area is 97.1 Å². The fraction of sp³-hybridized carbons (Fsp3) is 0.400. The van der Waals surface area contributed by atoms with Crippen molar-refractivity contribution in [1.29, 1.82) is 0 Å². The fourth-order valence-corrected chi connectivity index (χ4v) is 2.58. The van der Waals surface area contributed by atoms with Crippen LogP contribution in [0.2, 0.25) is 0 Å². The van der Waals surface area contributed by atoms with Gasteiger partial charge in [0, 0.05) is 5.57 Å². The van der Waals surface area contributed by atoms with Gasteiger partial charge in [0.2, 0.25) is 0 Å². The Hall–Kier alpha value is -1.30. The zero-order valence-corrected chi connectivity index (χ0v) is 9.74. The second-order valence-corrected chi connectivity index (χ2v) is 4.78. The van der Waals surface area contributed by atoms with E-state index in [4.69, 9.17) is 0 Å². The number of hydrogen-bond acceptors (Lipinski definition) is 1. The molecular weight excluding hydrogens is 196 g/mol. The molecule has 1 heteroatoms. The standard InChI is InChI=1S/C15H18O/c1-3-14-10-9-13(11-15(14,2)16)12-7-5-4-6-8-12/h4-8,13,16H,1,9-11H2,2H3/t13-,15-/m0/s1. The first kappa shape index (κ1) is 11.2. The smallest absolute Gasteiger partial charge is 0.0907 e. The van der Waals surface area contributed by atoms with Gasteiger partial charge in [-0.05, 0) is 37.7 Å². The van der Waals surface area contributed by atoms with Crippen LogP contribution in [0, 0.1) is 0 Å². The van der Waals surface area contributed by atoms with E-state index in [0.717, 1.165) is 24.8 Å². The molecule has 16 heavy (non-hydrogen) atoms. The van der Waals surface area contributed by atoms with Gasteiger partial charge in [0.25, 0.3) is 0 Å². The maximum absolute atomic E-state index is 10.3. The summed E-state index contributed by atoms with van der Waals surface area (Å²) >= 11 is 0. The van der Waals surface area contributed by atoms with Crippen molar-refractivity contribution in [1.82, 2.24) is 0 Å². The molecule has 1 aromatic carbocycles. The molecule has 2 rings (SSSR count). The Balaban J connectivity index is 2.21. The molecule has 84 valence electrons. The summed E-state index contributed by atoms with van der Waals surface area (Å²) in [5.74, 6) is 0.452. The minimum atomic E-state index is -0.736. The molecular formula is C15H18O. The number of benzene rings is 1. The molecule has 1 saturated carbocycles. The lowest BCUT2D eigenvalue weighted by Crippen LogP contribution is -2.33. The van der Waals surface area contributed by atoms with Crippen LogP contribution in [0.3, 0.4) is 0 Å². The second-order valence-electron chi connectivity index (χ2n) is 4.78. The Kier molecular flexibility index (Phi) is 3.00. The zero-order chi connectivity index (χ0) is 11.6. The van der Waals surface area contributed by atoms with E-state index in [2.05, 4.69) is 36.6 Å². The molecule has 2 atom stereocenters. The molecule has 0 unspecified atom stereocenters. The first-order chi connectivity index (χ1) is 7.63. The molecule has 0 amide bonds. The lowest BCUT2D eigenvalue weighted by Gasteiger charge is -2.35. The molecule has 0 aliphatic heterocycles. The quantitative estimate of drug-likeness (QED) is 0.710. The van der Waals surface area contributed by atoms with Gasteiger partial charge in [-0.1, -0.05) is 36.9 Å². The maximum atomic E-state index is 10.3. The largest absolute Gasteiger partial charge is 0.385 e. The van der Waals surface area contributed by atoms with Crippen LogP contribution in [-0.2, 0) is 0 Å². The first-order valence-corrected chi connectivity index (χ1v) is 5.80. The number of aliphatic hydroxyl groups is 1. The highest BCUT2D eigenvalue weighted by Crippen LogP contribution is 2.40. The lowest BCUT2D eigenvalue weighted by molar-refractivity contribution is 0.0628. The van der Waals surface area contributed by atoms with Gasteiger partial charge in [-0.15, -0.1) is 5.73 Å². The molecule has 0 saturated heterocycles. The highest BCUT2D eigenvalue weighted by molar-refractivity contribution is 5.26. The van der Waals surface area contributed by atoms with Gasteiger partial charge in [0.1, 0.15) is 0 Å². The Morgan fingerprint density at radius 1 is 1.38 bits per heavy atom. The molecule has 1 aliphatic carbocycles. The molecule has 1 aromatic rings. The molecule has 1 nitrogen and oxygen atoms in total. The summed E-state index contributed by atoms with van der Waals surface area (Å²) < 4.78 is 0. The van der Waals surface area contributed by atoms with E-state index in [1.165, 1.54) is 5.56 Å². The molecule has 0 bridgehead atoms. The molecule has 1 fully saturated rings. The van der Waals surface area contributed by atoms with Gasteiger partial charge in [-0.3, -0.25) is 0 Å². The van der Waals surface area contributed by atoms with Gasteiger partial charge in [0.15, 0.2) is 0 Å². The summed E-state index contributed by atoms with van der Waals surface area (Å²) in [5.41, 5.74) is 4.43. The molecule has 0 radical (unpaired) electrons. The van der Waals surface area contributed by atoms with E-state index in [0.29, 0.717) is 5.92 Å². The van der Waals surface area contributed by atoms with Crippen LogP contribution in [0.4, 0.5) is 0 Å². The monoisotopic (exact) mass is 214 g/mol. The third-order valence-corrected chi connectivity index (χ3v) is 3.52. The van der Waals surface area contributed by atoms with Gasteiger partial charge < -0.3 is 5.11 Å². The second kappa shape index (κ2) is 4.29. The van der Waals surface area contributed by atoms with E-state index in [-0.39, 0.29) is 0 Å². The van der Waals surface area contributed by atoms with E-state index in [9.17, 15) is 5.11 Å². The summed E-state index contributed by atoms with van der Waals surface area (Å²) in [4.78, 5) is 0. The van der Waals surface area contributed by atoms with Crippen molar-refractivity contribution < 1.29 is 5.11 Å². The Morgan fingerprint density at radius 3 is 2.62 bits per heavy atom. The van der Waals surface area contributed by atoms with Crippen LogP contribution in [-0.4, -0.2) is 10.7 Å². The van der Waals surface area contributed by atoms with Crippen LogP contribution >= 0.6 is 0 Å². The normalized spacial score (nSPS) is 29.9. The maximum Gasteiger partial charge on any atom is 0.0907 e. The lowest BCUT2D eigenvalue weighted by atomic mass is 9.73. The fourth-order valence-electron chi connectivity index (χ4n) is 2.58. The SMILES string of the molecule is C=C=C1CC[C@H](c2ccccc2)C[C@]1(C)O. The van der Waals surface area contributed by atoms with Crippen molar-refractivity contribution in [3.63, 3.8) is 0 Å². The van der Waals surface area contributed by atoms with E-state index in [1.54, 1.807) is 0 Å². The predicted octanol–water partition coefficient (Wildman–Crippen LogP) is 3.42. The first-order valence-electron chi connectivity index (χ1n) is 5.80. The third-order valence-electron chi connectivity index (χ3n) is 3.52. The molecule has 0 heterocycles. The van der Waals surface area contributed by atoms with Crippen molar-refractivity contribution in [3.05, 3.63) is 53.8 Å². The van der Waals surface area contributed by atoms with E-state index in [1.807, 2.05) is 13.0 Å². The summed E-state index contributed by atoms with van der Waals surface area (Å²) in [5, 5.41) is 10.3. The van der Waals surface area contributed by atoms with E-state index < -0.39 is 5.60 Å². The van der Waals surface area contributed by atoms with Crippen LogP contribution < -0.4 is 0 Å². The van der Waals surface area contributed by atoms with Crippen LogP contribution in [0.15, 0.2) is 48.2 Å². The van der Waals surface area contributed by atoms with Crippen molar-refractivity contribution in [2.24, 2.45) is 0 Å². The minimum Gasteiger partial charge on any atom is -0.385 e. The number of hydrogen-bond donors (Lipinski definition) is 1. The van der Waals surface area contributed by atoms with Crippen molar-refractivity contribution >= 4 is 0 Å². The van der Waals surface area contributed by atoms with Gasteiger partial charge >= 0.3 is 0 Å². The van der Waals surface area contributed by atoms with Crippen LogP contribution in [0.5, 0.6) is 0 Å². The average molecular weight is 214 g/mol. The Bertz CT molecular complexity index is 410. The molecule has 1 aliphatic rings. The minimum absolute atomic E-state index is 0.452. The highest BCUT2D eigenvalue weighted by Gasteiger charge is 2.34. The summed E-state index contributed by atoms with van der Waals surface area (Å²) in [6.45, 7) is 5.53.